The fourth-order valence-electron chi connectivity index (χ4n) is 7.27. The van der Waals surface area contributed by atoms with Crippen LogP contribution in [0.2, 0.25) is 0 Å². The average Bonchev–Trinajstić information content (AvgIpc) is 2.94. The maximum absolute atomic E-state index is 15.3. The van der Waals surface area contributed by atoms with Gasteiger partial charge in [0.2, 0.25) is 0 Å². The summed E-state index contributed by atoms with van der Waals surface area (Å²) in [5.41, 5.74) is 1.18. The van der Waals surface area contributed by atoms with E-state index in [2.05, 4.69) is 6.92 Å². The van der Waals surface area contributed by atoms with Crippen molar-refractivity contribution in [2.45, 2.75) is 82.6 Å². The number of rotatable bonds is 1. The van der Waals surface area contributed by atoms with Crippen molar-refractivity contribution < 1.29 is 18.7 Å². The van der Waals surface area contributed by atoms with Crippen LogP contribution in [0.3, 0.4) is 0 Å². The first-order valence-corrected chi connectivity index (χ1v) is 10.6. The van der Waals surface area contributed by atoms with Crippen LogP contribution in [-0.4, -0.2) is 31.0 Å². The Bertz CT molecular complexity index is 637. The highest BCUT2D eigenvalue weighted by Crippen LogP contribution is 2.65. The summed E-state index contributed by atoms with van der Waals surface area (Å²) in [7, 11) is 0. The van der Waals surface area contributed by atoms with Crippen molar-refractivity contribution in [3.05, 3.63) is 11.1 Å². The number of aldehydes is 1. The maximum atomic E-state index is 15.3. The minimum Gasteiger partial charge on any atom is -0.349 e. The van der Waals surface area contributed by atoms with Crippen LogP contribution in [0, 0.1) is 23.2 Å². The third kappa shape index (κ3) is 2.27. The zero-order valence-corrected chi connectivity index (χ0v) is 15.9. The molecule has 26 heavy (non-hydrogen) atoms. The Hall–Kier alpha value is -0.740. The van der Waals surface area contributed by atoms with E-state index in [9.17, 15) is 4.79 Å². The molecule has 4 aliphatic carbocycles. The monoisotopic (exact) mass is 362 g/mol. The van der Waals surface area contributed by atoms with Crippen molar-refractivity contribution in [2.75, 3.05) is 13.2 Å². The van der Waals surface area contributed by atoms with Crippen LogP contribution in [0.1, 0.15) is 71.1 Å². The Balaban J connectivity index is 1.41. The molecule has 3 unspecified atom stereocenters. The summed E-state index contributed by atoms with van der Waals surface area (Å²) in [5, 5.41) is 0. The van der Waals surface area contributed by atoms with Gasteiger partial charge in [-0.25, -0.2) is 4.39 Å². The third-order valence-corrected chi connectivity index (χ3v) is 8.74. The van der Waals surface area contributed by atoms with Gasteiger partial charge in [-0.15, -0.1) is 0 Å². The number of carbonyl (C=O) groups excluding carboxylic acids is 1. The number of fused-ring (bicyclic) bond motifs is 4. The summed E-state index contributed by atoms with van der Waals surface area (Å²) in [4.78, 5) is 11.5. The first-order valence-electron chi connectivity index (χ1n) is 10.6. The first-order chi connectivity index (χ1) is 12.5. The summed E-state index contributed by atoms with van der Waals surface area (Å²) in [6.07, 6.45) is 10.1. The first kappa shape index (κ1) is 17.4. The molecular formula is C22H31FO3. The molecule has 1 heterocycles. The van der Waals surface area contributed by atoms with Crippen LogP contribution in [0.25, 0.3) is 0 Å². The molecule has 1 aliphatic heterocycles. The Kier molecular flexibility index (Phi) is 3.92. The molecule has 5 aliphatic rings. The van der Waals surface area contributed by atoms with Gasteiger partial charge in [0.15, 0.2) is 17.7 Å². The number of carbonyl (C=O) groups is 1. The summed E-state index contributed by atoms with van der Waals surface area (Å²) >= 11 is 0. The van der Waals surface area contributed by atoms with Gasteiger partial charge in [-0.1, -0.05) is 18.1 Å². The summed E-state index contributed by atoms with van der Waals surface area (Å²) in [6.45, 7) is 3.69. The molecule has 1 saturated heterocycles. The standard InChI is InChI=1S/C22H31FO3/c1-20-8-5-17-16-6-10-22(25-11-2-12-26-22)13-15(16)3-4-18(17)19(20)7-9-21(20,23)14-24/h14,17-19H,2-13H2,1H3/t17?,18?,19?,20-,21-/m0/s1. The molecule has 5 rings (SSSR count). The topological polar surface area (TPSA) is 35.5 Å². The van der Waals surface area contributed by atoms with Crippen LogP contribution < -0.4 is 0 Å². The van der Waals surface area contributed by atoms with E-state index in [0.717, 1.165) is 71.0 Å². The van der Waals surface area contributed by atoms with E-state index in [0.29, 0.717) is 30.5 Å². The lowest BCUT2D eigenvalue weighted by molar-refractivity contribution is -0.272. The second-order valence-electron chi connectivity index (χ2n) is 9.66. The molecule has 4 heteroatoms. The van der Waals surface area contributed by atoms with Gasteiger partial charge in [-0.3, -0.25) is 4.79 Å². The predicted octanol–water partition coefficient (Wildman–Crippen LogP) is 4.74. The average molecular weight is 362 g/mol. The van der Waals surface area contributed by atoms with E-state index in [-0.39, 0.29) is 5.79 Å². The second-order valence-corrected chi connectivity index (χ2v) is 9.66. The van der Waals surface area contributed by atoms with Gasteiger partial charge in [-0.05, 0) is 69.1 Å². The molecule has 0 bridgehead atoms. The van der Waals surface area contributed by atoms with E-state index < -0.39 is 11.1 Å². The molecule has 0 aromatic carbocycles. The number of halogens is 1. The summed E-state index contributed by atoms with van der Waals surface area (Å²) in [6, 6.07) is 0. The van der Waals surface area contributed by atoms with Crippen molar-refractivity contribution in [3.63, 3.8) is 0 Å². The zero-order valence-electron chi connectivity index (χ0n) is 15.9. The number of alkyl halides is 1. The molecule has 0 amide bonds. The van der Waals surface area contributed by atoms with Gasteiger partial charge in [0.05, 0.1) is 13.2 Å². The van der Waals surface area contributed by atoms with E-state index in [4.69, 9.17) is 9.47 Å². The molecule has 3 nitrogen and oxygen atoms in total. The number of ether oxygens (including phenoxy) is 2. The quantitative estimate of drug-likeness (QED) is 0.499. The highest BCUT2D eigenvalue weighted by atomic mass is 19.1. The Morgan fingerprint density at radius 3 is 2.65 bits per heavy atom. The number of allylic oxidation sites excluding steroid dienone is 1. The van der Waals surface area contributed by atoms with E-state index >= 15 is 4.39 Å². The lowest BCUT2D eigenvalue weighted by Gasteiger charge is -2.53. The van der Waals surface area contributed by atoms with E-state index in [1.54, 1.807) is 11.1 Å². The van der Waals surface area contributed by atoms with Crippen LogP contribution in [0.4, 0.5) is 4.39 Å². The van der Waals surface area contributed by atoms with E-state index in [1.165, 1.54) is 0 Å². The zero-order chi connectivity index (χ0) is 18.0. The Labute approximate surface area is 155 Å². The van der Waals surface area contributed by atoms with Gasteiger partial charge >= 0.3 is 0 Å². The smallest absolute Gasteiger partial charge is 0.172 e. The maximum Gasteiger partial charge on any atom is 0.172 e. The largest absolute Gasteiger partial charge is 0.349 e. The molecular weight excluding hydrogens is 331 g/mol. The van der Waals surface area contributed by atoms with Crippen LogP contribution in [-0.2, 0) is 14.3 Å². The normalized spacial score (nSPS) is 47.2. The molecule has 1 spiro atoms. The van der Waals surface area contributed by atoms with Crippen LogP contribution >= 0.6 is 0 Å². The van der Waals surface area contributed by atoms with Gasteiger partial charge in [-0.2, -0.15) is 0 Å². The minimum atomic E-state index is -1.60. The van der Waals surface area contributed by atoms with Gasteiger partial charge in [0.25, 0.3) is 0 Å². The molecule has 3 fully saturated rings. The Morgan fingerprint density at radius 2 is 1.88 bits per heavy atom. The highest BCUT2D eigenvalue weighted by Gasteiger charge is 2.63. The molecule has 2 saturated carbocycles. The predicted molar refractivity (Wildman–Crippen MR) is 96.3 cm³/mol. The molecule has 0 N–H and O–H groups in total. The van der Waals surface area contributed by atoms with Gasteiger partial charge < -0.3 is 9.47 Å². The molecule has 0 aromatic rings. The molecule has 144 valence electrons. The van der Waals surface area contributed by atoms with Crippen LogP contribution in [0.15, 0.2) is 11.1 Å². The van der Waals surface area contributed by atoms with Crippen molar-refractivity contribution in [2.24, 2.45) is 23.2 Å². The lowest BCUT2D eigenvalue weighted by atomic mass is 9.52. The lowest BCUT2D eigenvalue weighted by Crippen LogP contribution is -2.51. The fraction of sp³-hybridized carbons (Fsp3) is 0.864. The summed E-state index contributed by atoms with van der Waals surface area (Å²) in [5.74, 6) is 1.18. The van der Waals surface area contributed by atoms with Crippen molar-refractivity contribution in [3.8, 4) is 0 Å². The van der Waals surface area contributed by atoms with Crippen LogP contribution in [0.5, 0.6) is 0 Å². The fourth-order valence-corrected chi connectivity index (χ4v) is 7.27. The number of hydrogen-bond donors (Lipinski definition) is 0. The SMILES string of the molecule is C[C@]12CCC3C4=C(CCC3C1CC[C@]2(F)C=O)CC1(CC4)OCCCO1. The van der Waals surface area contributed by atoms with Crippen molar-refractivity contribution in [1.29, 1.82) is 0 Å². The Morgan fingerprint density at radius 1 is 1.08 bits per heavy atom. The number of hydrogen-bond acceptors (Lipinski definition) is 3. The second kappa shape index (κ2) is 5.88. The molecule has 5 atom stereocenters. The van der Waals surface area contributed by atoms with Crippen molar-refractivity contribution >= 4 is 6.29 Å². The van der Waals surface area contributed by atoms with E-state index in [1.807, 2.05) is 0 Å². The minimum absolute atomic E-state index is 0.355. The molecule has 0 radical (unpaired) electrons. The highest BCUT2D eigenvalue weighted by molar-refractivity contribution is 5.65. The molecule has 0 aromatic heterocycles. The third-order valence-electron chi connectivity index (χ3n) is 8.74. The summed E-state index contributed by atoms with van der Waals surface area (Å²) < 4.78 is 27.4. The van der Waals surface area contributed by atoms with Crippen molar-refractivity contribution in [1.82, 2.24) is 0 Å². The van der Waals surface area contributed by atoms with Gasteiger partial charge in [0, 0.05) is 18.3 Å². The van der Waals surface area contributed by atoms with Gasteiger partial charge in [0.1, 0.15) is 0 Å².